The molecule has 1 aliphatic carbocycles. The molecular formula is C28H27N7O. The van der Waals surface area contributed by atoms with Crippen LogP contribution in [0.25, 0.3) is 33.7 Å². The van der Waals surface area contributed by atoms with Crippen molar-refractivity contribution >= 4 is 16.9 Å². The van der Waals surface area contributed by atoms with Gasteiger partial charge >= 0.3 is 0 Å². The molecule has 0 saturated carbocycles. The van der Waals surface area contributed by atoms with Gasteiger partial charge in [0.25, 0.3) is 0 Å². The van der Waals surface area contributed by atoms with Crippen molar-refractivity contribution in [1.29, 1.82) is 0 Å². The summed E-state index contributed by atoms with van der Waals surface area (Å²) in [6.07, 6.45) is 3.13. The summed E-state index contributed by atoms with van der Waals surface area (Å²) < 4.78 is 2.31. The highest BCUT2D eigenvalue weighted by atomic mass is 16.1. The molecule has 0 saturated heterocycles. The molecule has 36 heavy (non-hydrogen) atoms. The first-order valence-corrected chi connectivity index (χ1v) is 12.4. The van der Waals surface area contributed by atoms with Gasteiger partial charge in [0.1, 0.15) is 17.1 Å². The number of carbonyl (C=O) groups is 1. The number of H-pyrrole nitrogens is 1. The second-order valence-corrected chi connectivity index (χ2v) is 9.48. The number of benzene rings is 2. The van der Waals surface area contributed by atoms with E-state index < -0.39 is 0 Å². The summed E-state index contributed by atoms with van der Waals surface area (Å²) in [6.45, 7) is 5.80. The van der Waals surface area contributed by atoms with Crippen LogP contribution in [0.1, 0.15) is 54.5 Å². The monoisotopic (exact) mass is 477 g/mol. The van der Waals surface area contributed by atoms with Crippen LogP contribution < -0.4 is 0 Å². The lowest BCUT2D eigenvalue weighted by Crippen LogP contribution is -2.12. The Morgan fingerprint density at radius 2 is 1.94 bits per heavy atom. The number of hydrogen-bond acceptors (Lipinski definition) is 6. The minimum atomic E-state index is 0.114. The third-order valence-electron chi connectivity index (χ3n) is 7.04. The van der Waals surface area contributed by atoms with Gasteiger partial charge in [-0.1, -0.05) is 49.4 Å². The molecule has 1 aliphatic rings. The average Bonchev–Trinajstić information content (AvgIpc) is 3.62. The number of fused-ring (bicyclic) bond motifs is 2. The van der Waals surface area contributed by atoms with E-state index in [1.165, 1.54) is 11.1 Å². The van der Waals surface area contributed by atoms with Gasteiger partial charge in [-0.05, 0) is 65.8 Å². The number of rotatable bonds is 6. The molecule has 180 valence electrons. The Kier molecular flexibility index (Phi) is 5.44. The Morgan fingerprint density at radius 3 is 2.69 bits per heavy atom. The number of aromatic amines is 1. The number of aromatic nitrogens is 7. The van der Waals surface area contributed by atoms with Gasteiger partial charge in [-0.25, -0.2) is 9.97 Å². The second-order valence-electron chi connectivity index (χ2n) is 9.48. The fourth-order valence-electron chi connectivity index (χ4n) is 5.49. The summed E-state index contributed by atoms with van der Waals surface area (Å²) >= 11 is 0. The molecule has 3 aromatic heterocycles. The molecule has 1 N–H and O–H groups in total. The molecule has 0 bridgehead atoms. The van der Waals surface area contributed by atoms with E-state index in [4.69, 9.17) is 9.97 Å². The van der Waals surface area contributed by atoms with Crippen LogP contribution in [-0.4, -0.2) is 40.9 Å². The topological polar surface area (TPSA) is 102 Å². The van der Waals surface area contributed by atoms with Gasteiger partial charge in [0.05, 0.1) is 11.7 Å². The first-order chi connectivity index (χ1) is 17.5. The van der Waals surface area contributed by atoms with Crippen LogP contribution in [0.15, 0.2) is 48.5 Å². The zero-order valence-corrected chi connectivity index (χ0v) is 20.6. The zero-order chi connectivity index (χ0) is 24.8. The lowest BCUT2D eigenvalue weighted by Gasteiger charge is -2.18. The van der Waals surface area contributed by atoms with Crippen LogP contribution in [0.3, 0.4) is 0 Å². The first-order valence-electron chi connectivity index (χ1n) is 12.4. The number of ketones is 1. The van der Waals surface area contributed by atoms with Crippen molar-refractivity contribution in [2.24, 2.45) is 0 Å². The largest absolute Gasteiger partial charge is 0.305 e. The Balaban J connectivity index is 1.44. The van der Waals surface area contributed by atoms with Gasteiger partial charge in [0.15, 0.2) is 5.65 Å². The van der Waals surface area contributed by atoms with E-state index in [0.29, 0.717) is 12.2 Å². The fraction of sp³-hybridized carbons (Fsp3) is 0.286. The lowest BCUT2D eigenvalue weighted by molar-refractivity contribution is -0.116. The number of aryl methyl sites for hydroxylation is 3. The number of hydrogen-bond donors (Lipinski definition) is 1. The fourth-order valence-corrected chi connectivity index (χ4v) is 5.49. The summed E-state index contributed by atoms with van der Waals surface area (Å²) in [7, 11) is 0. The molecule has 3 heterocycles. The first kappa shape index (κ1) is 22.3. The molecule has 5 aromatic rings. The van der Waals surface area contributed by atoms with Crippen LogP contribution in [0.2, 0.25) is 0 Å². The predicted octanol–water partition coefficient (Wildman–Crippen LogP) is 4.82. The maximum atomic E-state index is 11.8. The van der Waals surface area contributed by atoms with Crippen LogP contribution in [0.4, 0.5) is 0 Å². The van der Waals surface area contributed by atoms with Gasteiger partial charge < -0.3 is 4.57 Å². The number of nitrogens with zero attached hydrogens (tertiary/aromatic N) is 6. The molecule has 2 aromatic carbocycles. The third kappa shape index (κ3) is 3.69. The van der Waals surface area contributed by atoms with Crippen molar-refractivity contribution in [3.63, 3.8) is 0 Å². The maximum absolute atomic E-state index is 11.8. The zero-order valence-electron chi connectivity index (χ0n) is 20.6. The quantitative estimate of drug-likeness (QED) is 0.376. The highest BCUT2D eigenvalue weighted by molar-refractivity contribution is 5.82. The van der Waals surface area contributed by atoms with E-state index in [1.54, 1.807) is 6.92 Å². The van der Waals surface area contributed by atoms with Crippen LogP contribution in [0.5, 0.6) is 0 Å². The summed E-state index contributed by atoms with van der Waals surface area (Å²) in [6, 6.07) is 17.0. The number of carbonyl (C=O) groups excluding carboxylic acids is 1. The minimum absolute atomic E-state index is 0.114. The SMILES string of the molecule is CCc1nc2c(C)cc(CC(C)=O)nc2n1[C@H]1CCc2cc(-c3ccccc3-c3nn[nH]n3)ccc21. The number of imidazole rings is 1. The van der Waals surface area contributed by atoms with Gasteiger partial charge in [0, 0.05) is 18.4 Å². The van der Waals surface area contributed by atoms with Crippen LogP contribution in [0, 0.1) is 6.92 Å². The summed E-state index contributed by atoms with van der Waals surface area (Å²) in [5, 5.41) is 14.6. The average molecular weight is 478 g/mol. The molecule has 8 nitrogen and oxygen atoms in total. The summed E-state index contributed by atoms with van der Waals surface area (Å²) in [4.78, 5) is 21.7. The van der Waals surface area contributed by atoms with E-state index in [0.717, 1.165) is 64.2 Å². The van der Waals surface area contributed by atoms with E-state index in [-0.39, 0.29) is 11.8 Å². The molecule has 0 spiro atoms. The van der Waals surface area contributed by atoms with E-state index in [1.807, 2.05) is 24.3 Å². The Labute approximate surface area is 208 Å². The summed E-state index contributed by atoms with van der Waals surface area (Å²) in [5.41, 5.74) is 9.50. The Morgan fingerprint density at radius 1 is 1.11 bits per heavy atom. The van der Waals surface area contributed by atoms with Crippen molar-refractivity contribution in [1.82, 2.24) is 35.2 Å². The van der Waals surface area contributed by atoms with Gasteiger partial charge in [-0.2, -0.15) is 5.21 Å². The highest BCUT2D eigenvalue weighted by Crippen LogP contribution is 2.40. The standard InChI is InChI=1S/C28H27N7O/c1-4-25-30-26-16(2)13-20(14-17(3)36)29-28(26)35(25)24-12-10-19-15-18(9-11-22(19)24)21-7-5-6-8-23(21)27-31-33-34-32-27/h5-9,11,13,15,24H,4,10,12,14H2,1-3H3,(H,31,32,33,34)/t24-/m0/s1. The van der Waals surface area contributed by atoms with Crippen LogP contribution >= 0.6 is 0 Å². The van der Waals surface area contributed by atoms with E-state index in [2.05, 4.69) is 63.3 Å². The minimum Gasteiger partial charge on any atom is -0.305 e. The van der Waals surface area contributed by atoms with E-state index >= 15 is 0 Å². The van der Waals surface area contributed by atoms with Crippen LogP contribution in [-0.2, 0) is 24.1 Å². The molecule has 0 amide bonds. The number of Topliss-reactive ketones (excluding diaryl/α,β-unsaturated/α-hetero) is 1. The highest BCUT2D eigenvalue weighted by Gasteiger charge is 2.29. The molecule has 0 unspecified atom stereocenters. The molecule has 1 atom stereocenters. The second kappa shape index (κ2) is 8.78. The number of tetrazole rings is 1. The van der Waals surface area contributed by atoms with E-state index in [9.17, 15) is 4.79 Å². The number of nitrogens with one attached hydrogen (secondary N) is 1. The molecule has 6 rings (SSSR count). The van der Waals surface area contributed by atoms with Crippen molar-refractivity contribution in [3.05, 3.63) is 76.7 Å². The molecule has 0 radical (unpaired) electrons. The van der Waals surface area contributed by atoms with Gasteiger partial charge in [-0.15, -0.1) is 10.2 Å². The summed E-state index contributed by atoms with van der Waals surface area (Å²) in [5.74, 6) is 1.73. The van der Waals surface area contributed by atoms with Crippen molar-refractivity contribution < 1.29 is 4.79 Å². The predicted molar refractivity (Wildman–Crippen MR) is 138 cm³/mol. The van der Waals surface area contributed by atoms with Gasteiger partial charge in [-0.3, -0.25) is 4.79 Å². The number of pyridine rings is 1. The Bertz CT molecular complexity index is 1600. The smallest absolute Gasteiger partial charge is 0.205 e. The van der Waals surface area contributed by atoms with Crippen molar-refractivity contribution in [3.8, 4) is 22.5 Å². The molecular weight excluding hydrogens is 450 g/mol. The molecule has 8 heteroatoms. The van der Waals surface area contributed by atoms with Crippen molar-refractivity contribution in [2.45, 2.75) is 52.5 Å². The third-order valence-corrected chi connectivity index (χ3v) is 7.04. The lowest BCUT2D eigenvalue weighted by atomic mass is 9.96. The Hall–Kier alpha value is -4.20. The molecule has 0 fully saturated rings. The van der Waals surface area contributed by atoms with Gasteiger partial charge in [0.2, 0.25) is 5.82 Å². The van der Waals surface area contributed by atoms with Crippen molar-refractivity contribution in [2.75, 3.05) is 0 Å². The maximum Gasteiger partial charge on any atom is 0.205 e. The normalized spacial score (nSPS) is 14.9. The molecule has 0 aliphatic heterocycles.